The second-order valence-electron chi connectivity index (χ2n) is 4.33. The Labute approximate surface area is 117 Å². The molecule has 20 heavy (non-hydrogen) atoms. The van der Waals surface area contributed by atoms with Crippen molar-refractivity contribution in [3.05, 3.63) is 60.8 Å². The molecule has 0 saturated heterocycles. The van der Waals surface area contributed by atoms with Crippen LogP contribution in [0, 0.1) is 0 Å². The second-order valence-corrected chi connectivity index (χ2v) is 4.33. The van der Waals surface area contributed by atoms with Gasteiger partial charge in [-0.05, 0) is 24.3 Å². The molecule has 2 aromatic carbocycles. The van der Waals surface area contributed by atoms with Crippen molar-refractivity contribution < 1.29 is 4.74 Å². The van der Waals surface area contributed by atoms with Crippen molar-refractivity contribution in [3.8, 4) is 5.75 Å². The minimum Gasteiger partial charge on any atom is -0.492 e. The van der Waals surface area contributed by atoms with Gasteiger partial charge in [0.1, 0.15) is 18.2 Å². The molecule has 100 valence electrons. The molecule has 1 aromatic heterocycles. The van der Waals surface area contributed by atoms with E-state index in [0.29, 0.717) is 13.2 Å². The van der Waals surface area contributed by atoms with Crippen molar-refractivity contribution in [1.82, 2.24) is 9.97 Å². The Kier molecular flexibility index (Phi) is 3.73. The molecule has 4 nitrogen and oxygen atoms in total. The lowest BCUT2D eigenvalue weighted by Crippen LogP contribution is -2.12. The summed E-state index contributed by atoms with van der Waals surface area (Å²) in [7, 11) is 0. The standard InChI is InChI=1S/C16H15N3O/c1-2-6-13(7-3-1)20-11-10-17-16-12-18-14-8-4-5-9-15(14)19-16/h1-9,12H,10-11H2,(H,17,19). The Hall–Kier alpha value is -2.62. The molecule has 1 heterocycles. The first-order valence-corrected chi connectivity index (χ1v) is 6.55. The zero-order valence-electron chi connectivity index (χ0n) is 11.0. The Morgan fingerprint density at radius 3 is 2.50 bits per heavy atom. The van der Waals surface area contributed by atoms with Crippen LogP contribution in [-0.2, 0) is 0 Å². The van der Waals surface area contributed by atoms with Gasteiger partial charge in [-0.2, -0.15) is 0 Å². The zero-order valence-corrected chi connectivity index (χ0v) is 11.0. The van der Waals surface area contributed by atoms with E-state index in [4.69, 9.17) is 4.74 Å². The molecule has 1 N–H and O–H groups in total. The summed E-state index contributed by atoms with van der Waals surface area (Å²) in [4.78, 5) is 8.84. The molecule has 0 amide bonds. The predicted octanol–water partition coefficient (Wildman–Crippen LogP) is 3.12. The molecule has 0 aliphatic rings. The van der Waals surface area contributed by atoms with E-state index >= 15 is 0 Å². The first kappa shape index (κ1) is 12.4. The number of fused-ring (bicyclic) bond motifs is 1. The van der Waals surface area contributed by atoms with Gasteiger partial charge in [0.05, 0.1) is 23.8 Å². The van der Waals surface area contributed by atoms with Gasteiger partial charge in [-0.15, -0.1) is 0 Å². The van der Waals surface area contributed by atoms with Gasteiger partial charge in [0.15, 0.2) is 0 Å². The highest BCUT2D eigenvalue weighted by Gasteiger charge is 1.98. The predicted molar refractivity (Wildman–Crippen MR) is 80.0 cm³/mol. The summed E-state index contributed by atoms with van der Waals surface area (Å²) in [5.41, 5.74) is 1.79. The minimum atomic E-state index is 0.582. The van der Waals surface area contributed by atoms with E-state index in [1.165, 1.54) is 0 Å². The van der Waals surface area contributed by atoms with Crippen LogP contribution in [0.5, 0.6) is 5.75 Å². The van der Waals surface area contributed by atoms with Crippen molar-refractivity contribution in [1.29, 1.82) is 0 Å². The minimum absolute atomic E-state index is 0.582. The van der Waals surface area contributed by atoms with Gasteiger partial charge < -0.3 is 10.1 Å². The van der Waals surface area contributed by atoms with Crippen molar-refractivity contribution in [2.75, 3.05) is 18.5 Å². The van der Waals surface area contributed by atoms with Gasteiger partial charge in [-0.25, -0.2) is 4.98 Å². The Morgan fingerprint density at radius 1 is 0.900 bits per heavy atom. The highest BCUT2D eigenvalue weighted by molar-refractivity contribution is 5.75. The van der Waals surface area contributed by atoms with Crippen LogP contribution in [0.3, 0.4) is 0 Å². The number of hydrogen-bond donors (Lipinski definition) is 1. The van der Waals surface area contributed by atoms with E-state index in [9.17, 15) is 0 Å². The first-order valence-electron chi connectivity index (χ1n) is 6.55. The van der Waals surface area contributed by atoms with Gasteiger partial charge in [0.2, 0.25) is 0 Å². The third-order valence-electron chi connectivity index (χ3n) is 2.87. The Balaban J connectivity index is 1.55. The van der Waals surface area contributed by atoms with Crippen LogP contribution in [0.1, 0.15) is 0 Å². The largest absolute Gasteiger partial charge is 0.492 e. The number of aromatic nitrogens is 2. The van der Waals surface area contributed by atoms with Crippen LogP contribution in [0.15, 0.2) is 60.8 Å². The van der Waals surface area contributed by atoms with E-state index in [1.807, 2.05) is 54.6 Å². The smallest absolute Gasteiger partial charge is 0.145 e. The van der Waals surface area contributed by atoms with Crippen LogP contribution in [0.25, 0.3) is 11.0 Å². The number of nitrogens with zero attached hydrogens (tertiary/aromatic N) is 2. The van der Waals surface area contributed by atoms with Crippen molar-refractivity contribution in [2.45, 2.75) is 0 Å². The summed E-state index contributed by atoms with van der Waals surface area (Å²) in [6.45, 7) is 1.26. The molecule has 0 radical (unpaired) electrons. The first-order chi connectivity index (χ1) is 9.92. The third-order valence-corrected chi connectivity index (χ3v) is 2.87. The molecule has 0 aliphatic carbocycles. The SMILES string of the molecule is c1ccc(OCCNc2cnc3ccccc3n2)cc1. The van der Waals surface area contributed by atoms with E-state index in [1.54, 1.807) is 6.20 Å². The summed E-state index contributed by atoms with van der Waals surface area (Å²) >= 11 is 0. The average molecular weight is 265 g/mol. The number of hydrogen-bond acceptors (Lipinski definition) is 4. The summed E-state index contributed by atoms with van der Waals surface area (Å²) < 4.78 is 5.60. The average Bonchev–Trinajstić information content (AvgIpc) is 2.52. The summed E-state index contributed by atoms with van der Waals surface area (Å²) in [6.07, 6.45) is 1.74. The number of para-hydroxylation sites is 3. The maximum atomic E-state index is 5.60. The highest BCUT2D eigenvalue weighted by atomic mass is 16.5. The third kappa shape index (κ3) is 3.03. The number of rotatable bonds is 5. The molecule has 0 aliphatic heterocycles. The normalized spacial score (nSPS) is 10.4. The number of anilines is 1. The fraction of sp³-hybridized carbons (Fsp3) is 0.125. The van der Waals surface area contributed by atoms with E-state index in [0.717, 1.165) is 22.6 Å². The molecule has 0 fully saturated rings. The Bertz CT molecular complexity index is 685. The monoisotopic (exact) mass is 265 g/mol. The van der Waals surface area contributed by atoms with Crippen LogP contribution >= 0.6 is 0 Å². The van der Waals surface area contributed by atoms with Crippen LogP contribution in [0.4, 0.5) is 5.82 Å². The number of benzene rings is 2. The molecule has 4 heteroatoms. The Morgan fingerprint density at radius 2 is 1.65 bits per heavy atom. The lowest BCUT2D eigenvalue weighted by Gasteiger charge is -2.08. The topological polar surface area (TPSA) is 47.0 Å². The van der Waals surface area contributed by atoms with Gasteiger partial charge in [-0.1, -0.05) is 30.3 Å². The van der Waals surface area contributed by atoms with Crippen molar-refractivity contribution in [2.24, 2.45) is 0 Å². The van der Waals surface area contributed by atoms with Crippen molar-refractivity contribution in [3.63, 3.8) is 0 Å². The van der Waals surface area contributed by atoms with Gasteiger partial charge in [-0.3, -0.25) is 4.98 Å². The summed E-state index contributed by atoms with van der Waals surface area (Å²) in [6, 6.07) is 17.6. The number of ether oxygens (including phenoxy) is 1. The maximum absolute atomic E-state index is 5.60. The van der Waals surface area contributed by atoms with E-state index in [-0.39, 0.29) is 0 Å². The zero-order chi connectivity index (χ0) is 13.6. The highest BCUT2D eigenvalue weighted by Crippen LogP contribution is 2.11. The fourth-order valence-corrected chi connectivity index (χ4v) is 1.91. The summed E-state index contributed by atoms with van der Waals surface area (Å²) in [5, 5.41) is 3.21. The lowest BCUT2D eigenvalue weighted by molar-refractivity contribution is 0.333. The molecule has 0 spiro atoms. The van der Waals surface area contributed by atoms with Gasteiger partial charge >= 0.3 is 0 Å². The van der Waals surface area contributed by atoms with Crippen LogP contribution < -0.4 is 10.1 Å². The van der Waals surface area contributed by atoms with E-state index in [2.05, 4.69) is 15.3 Å². The fourth-order valence-electron chi connectivity index (χ4n) is 1.91. The quantitative estimate of drug-likeness (QED) is 0.720. The van der Waals surface area contributed by atoms with E-state index < -0.39 is 0 Å². The van der Waals surface area contributed by atoms with Crippen molar-refractivity contribution >= 4 is 16.9 Å². The molecule has 3 aromatic rings. The molecule has 0 saturated carbocycles. The molecule has 3 rings (SSSR count). The molecular formula is C16H15N3O. The molecule has 0 atom stereocenters. The lowest BCUT2D eigenvalue weighted by atomic mass is 10.3. The maximum Gasteiger partial charge on any atom is 0.145 e. The summed E-state index contributed by atoms with van der Waals surface area (Å²) in [5.74, 6) is 1.64. The molecule has 0 unspecified atom stereocenters. The van der Waals surface area contributed by atoms with Crippen LogP contribution in [-0.4, -0.2) is 23.1 Å². The number of nitrogens with one attached hydrogen (secondary N) is 1. The van der Waals surface area contributed by atoms with Gasteiger partial charge in [0, 0.05) is 0 Å². The molecular weight excluding hydrogens is 250 g/mol. The van der Waals surface area contributed by atoms with Crippen LogP contribution in [0.2, 0.25) is 0 Å². The molecule has 0 bridgehead atoms. The van der Waals surface area contributed by atoms with Gasteiger partial charge in [0.25, 0.3) is 0 Å². The second kappa shape index (κ2) is 6.02.